The quantitative estimate of drug-likeness (QED) is 0.667. The molecule has 0 radical (unpaired) electrons. The number of rotatable bonds is 4. The van der Waals surface area contributed by atoms with E-state index in [1.54, 1.807) is 0 Å². The summed E-state index contributed by atoms with van der Waals surface area (Å²) in [5.74, 6) is 5.01. The Labute approximate surface area is 88.9 Å². The van der Waals surface area contributed by atoms with Gasteiger partial charge in [-0.25, -0.2) is 0 Å². The van der Waals surface area contributed by atoms with Gasteiger partial charge in [0.15, 0.2) is 0 Å². The van der Waals surface area contributed by atoms with Gasteiger partial charge < -0.3 is 4.90 Å². The molecule has 0 amide bonds. The van der Waals surface area contributed by atoms with Gasteiger partial charge in [0.25, 0.3) is 0 Å². The van der Waals surface area contributed by atoms with E-state index in [0.29, 0.717) is 0 Å². The van der Waals surface area contributed by atoms with Crippen molar-refractivity contribution < 1.29 is 0 Å². The van der Waals surface area contributed by atoms with Crippen LogP contribution in [-0.2, 0) is 0 Å². The van der Waals surface area contributed by atoms with Crippen LogP contribution in [0, 0.1) is 29.6 Å². The summed E-state index contributed by atoms with van der Waals surface area (Å²) in [6, 6.07) is 0. The first kappa shape index (κ1) is 10.5. The van der Waals surface area contributed by atoms with Crippen molar-refractivity contribution in [2.45, 2.75) is 34.1 Å². The Kier molecular flexibility index (Phi) is 2.88. The van der Waals surface area contributed by atoms with E-state index in [4.69, 9.17) is 0 Å². The monoisotopic (exact) mass is 195 g/mol. The van der Waals surface area contributed by atoms with E-state index in [1.807, 2.05) is 0 Å². The van der Waals surface area contributed by atoms with Gasteiger partial charge in [0.05, 0.1) is 0 Å². The Balaban J connectivity index is 1.69. The van der Waals surface area contributed by atoms with Crippen molar-refractivity contribution >= 4 is 0 Å². The Morgan fingerprint density at radius 1 is 1.07 bits per heavy atom. The molecule has 1 aliphatic carbocycles. The molecule has 0 N–H and O–H groups in total. The van der Waals surface area contributed by atoms with E-state index in [0.717, 1.165) is 29.6 Å². The highest BCUT2D eigenvalue weighted by Crippen LogP contribution is 2.55. The van der Waals surface area contributed by atoms with Gasteiger partial charge in [0.2, 0.25) is 0 Å². The molecule has 2 unspecified atom stereocenters. The van der Waals surface area contributed by atoms with Crippen molar-refractivity contribution in [3.63, 3.8) is 0 Å². The minimum atomic E-state index is 0.868. The molecule has 2 fully saturated rings. The Bertz CT molecular complexity index is 185. The predicted molar refractivity (Wildman–Crippen MR) is 61.2 cm³/mol. The Hall–Kier alpha value is -0.0400. The van der Waals surface area contributed by atoms with Crippen LogP contribution in [0.25, 0.3) is 0 Å². The first-order chi connectivity index (χ1) is 6.59. The average molecular weight is 195 g/mol. The number of likely N-dealkylation sites (tertiary alicyclic amines) is 1. The van der Waals surface area contributed by atoms with Crippen molar-refractivity contribution in [1.82, 2.24) is 4.90 Å². The molecule has 1 aliphatic heterocycles. The van der Waals surface area contributed by atoms with E-state index in [9.17, 15) is 0 Å². The largest absolute Gasteiger partial charge is 0.303 e. The minimum Gasteiger partial charge on any atom is -0.303 e. The maximum Gasteiger partial charge on any atom is 0.00159 e. The van der Waals surface area contributed by atoms with Crippen LogP contribution in [0.3, 0.4) is 0 Å². The third kappa shape index (κ3) is 1.98. The summed E-state index contributed by atoms with van der Waals surface area (Å²) in [4.78, 5) is 2.69. The summed E-state index contributed by atoms with van der Waals surface area (Å²) in [5.41, 5.74) is 0. The molecular formula is C13H25N. The fourth-order valence-electron chi connectivity index (χ4n) is 3.27. The second-order valence-corrected chi connectivity index (χ2v) is 6.09. The van der Waals surface area contributed by atoms with Crippen molar-refractivity contribution in [2.75, 3.05) is 19.6 Å². The number of piperidine rings is 1. The Morgan fingerprint density at radius 2 is 1.64 bits per heavy atom. The maximum absolute atomic E-state index is 2.69. The van der Waals surface area contributed by atoms with Crippen molar-refractivity contribution in [3.8, 4) is 0 Å². The third-order valence-electron chi connectivity index (χ3n) is 4.13. The van der Waals surface area contributed by atoms with E-state index < -0.39 is 0 Å². The average Bonchev–Trinajstić information content (AvgIpc) is 2.61. The van der Waals surface area contributed by atoms with Gasteiger partial charge in [-0.15, -0.1) is 0 Å². The molecular weight excluding hydrogens is 170 g/mol. The molecule has 0 bridgehead atoms. The maximum atomic E-state index is 2.69. The second kappa shape index (κ2) is 3.84. The number of nitrogens with zero attached hydrogens (tertiary/aromatic N) is 1. The molecule has 14 heavy (non-hydrogen) atoms. The molecule has 1 saturated carbocycles. The van der Waals surface area contributed by atoms with Crippen LogP contribution < -0.4 is 0 Å². The van der Waals surface area contributed by atoms with Gasteiger partial charge >= 0.3 is 0 Å². The van der Waals surface area contributed by atoms with Crippen LogP contribution in [0.5, 0.6) is 0 Å². The molecule has 2 aliphatic rings. The molecule has 1 heterocycles. The summed E-state index contributed by atoms with van der Waals surface area (Å²) in [6.45, 7) is 13.6. The van der Waals surface area contributed by atoms with Gasteiger partial charge in [-0.1, -0.05) is 27.7 Å². The molecule has 0 aromatic heterocycles. The highest BCUT2D eigenvalue weighted by atomic mass is 15.2. The lowest BCUT2D eigenvalue weighted by Crippen LogP contribution is -2.27. The van der Waals surface area contributed by atoms with Gasteiger partial charge in [-0.2, -0.15) is 0 Å². The molecule has 1 nitrogen and oxygen atoms in total. The zero-order valence-corrected chi connectivity index (χ0v) is 10.2. The van der Waals surface area contributed by atoms with E-state index >= 15 is 0 Å². The highest BCUT2D eigenvalue weighted by Gasteiger charge is 2.55. The lowest BCUT2D eigenvalue weighted by atomic mass is 10.0. The number of fused-ring (bicyclic) bond motifs is 1. The van der Waals surface area contributed by atoms with Crippen LogP contribution in [0.15, 0.2) is 0 Å². The first-order valence-electron chi connectivity index (χ1n) is 6.32. The van der Waals surface area contributed by atoms with Crippen LogP contribution in [0.1, 0.15) is 34.1 Å². The molecule has 82 valence electrons. The van der Waals surface area contributed by atoms with Crippen LogP contribution in [0.2, 0.25) is 0 Å². The summed E-state index contributed by atoms with van der Waals surface area (Å²) in [7, 11) is 0. The van der Waals surface area contributed by atoms with Crippen LogP contribution in [0.4, 0.5) is 0 Å². The van der Waals surface area contributed by atoms with Gasteiger partial charge in [-0.3, -0.25) is 0 Å². The molecule has 2 atom stereocenters. The van der Waals surface area contributed by atoms with Crippen molar-refractivity contribution in [3.05, 3.63) is 0 Å². The molecule has 0 aromatic carbocycles. The lowest BCUT2D eigenvalue weighted by Gasteiger charge is -2.21. The highest BCUT2D eigenvalue weighted by molar-refractivity contribution is 5.05. The zero-order chi connectivity index (χ0) is 10.3. The second-order valence-electron chi connectivity index (χ2n) is 6.09. The summed E-state index contributed by atoms with van der Waals surface area (Å²) >= 11 is 0. The molecule has 1 heteroatoms. The summed E-state index contributed by atoms with van der Waals surface area (Å²) in [5, 5.41) is 0. The number of hydrogen-bond donors (Lipinski definition) is 0. The Morgan fingerprint density at radius 3 is 2.07 bits per heavy atom. The van der Waals surface area contributed by atoms with Crippen LogP contribution in [-0.4, -0.2) is 24.5 Å². The van der Waals surface area contributed by atoms with Gasteiger partial charge in [0, 0.05) is 13.1 Å². The van der Waals surface area contributed by atoms with Gasteiger partial charge in [0.1, 0.15) is 0 Å². The fraction of sp³-hybridized carbons (Fsp3) is 1.00. The third-order valence-corrected chi connectivity index (χ3v) is 4.13. The first-order valence-corrected chi connectivity index (χ1v) is 6.32. The van der Waals surface area contributed by atoms with Gasteiger partial charge in [-0.05, 0) is 42.6 Å². The molecule has 0 aromatic rings. The zero-order valence-electron chi connectivity index (χ0n) is 10.2. The molecule has 1 saturated heterocycles. The van der Waals surface area contributed by atoms with Crippen molar-refractivity contribution in [1.29, 1.82) is 0 Å². The smallest absolute Gasteiger partial charge is 0.00159 e. The standard InChI is InChI=1S/C13H25N/c1-9(2)5-6-14-7-11-12(8-14)13(11)10(3)4/h9-13H,5-8H2,1-4H3. The number of hydrogen-bond acceptors (Lipinski definition) is 1. The predicted octanol–water partition coefficient (Wildman–Crippen LogP) is 2.87. The van der Waals surface area contributed by atoms with E-state index in [1.165, 1.54) is 26.1 Å². The normalized spacial score (nSPS) is 36.9. The summed E-state index contributed by atoms with van der Waals surface area (Å²) < 4.78 is 0. The van der Waals surface area contributed by atoms with E-state index in [-0.39, 0.29) is 0 Å². The lowest BCUT2D eigenvalue weighted by molar-refractivity contribution is 0.255. The molecule has 2 rings (SSSR count). The fourth-order valence-corrected chi connectivity index (χ4v) is 3.27. The summed E-state index contributed by atoms with van der Waals surface area (Å²) in [6.07, 6.45) is 1.38. The van der Waals surface area contributed by atoms with Crippen molar-refractivity contribution in [2.24, 2.45) is 29.6 Å². The minimum absolute atomic E-state index is 0.868. The topological polar surface area (TPSA) is 3.24 Å². The SMILES string of the molecule is CC(C)CCN1CC2C(C1)C2C(C)C. The molecule has 0 spiro atoms. The van der Waals surface area contributed by atoms with E-state index in [2.05, 4.69) is 32.6 Å². The van der Waals surface area contributed by atoms with Crippen LogP contribution >= 0.6 is 0 Å².